The normalized spacial score (nSPS) is 32.7. The number of hydrogen-bond acceptors (Lipinski definition) is 9. The Bertz CT molecular complexity index is 375. The fourth-order valence-electron chi connectivity index (χ4n) is 2.43. The van der Waals surface area contributed by atoms with Crippen LogP contribution in [-0.4, -0.2) is 82.1 Å². The molecule has 0 aromatic rings. The van der Waals surface area contributed by atoms with E-state index in [1.807, 2.05) is 0 Å². The topological polar surface area (TPSA) is 145 Å². The van der Waals surface area contributed by atoms with E-state index in [0.29, 0.717) is 13.0 Å². The van der Waals surface area contributed by atoms with Gasteiger partial charge in [-0.15, -0.1) is 0 Å². The Labute approximate surface area is 140 Å². The van der Waals surface area contributed by atoms with Gasteiger partial charge in [-0.3, -0.25) is 4.79 Å². The van der Waals surface area contributed by atoms with Crippen molar-refractivity contribution < 1.29 is 30.0 Å². The molecule has 0 aromatic carbocycles. The molecule has 0 radical (unpaired) electrons. The Hall–Kier alpha value is -0.260. The maximum absolute atomic E-state index is 11.3. The van der Waals surface area contributed by atoms with Gasteiger partial charge in [-0.1, -0.05) is 18.2 Å². The number of nitrogens with two attached hydrogens (primary N) is 1. The molecule has 8 nitrogen and oxygen atoms in total. The summed E-state index contributed by atoms with van der Waals surface area (Å²) in [6, 6.07) is -0.455. The van der Waals surface area contributed by atoms with Crippen molar-refractivity contribution in [3.63, 3.8) is 0 Å². The second-order valence-electron chi connectivity index (χ2n) is 5.84. The molecule has 1 saturated heterocycles. The lowest BCUT2D eigenvalue weighted by molar-refractivity contribution is -0.312. The van der Waals surface area contributed by atoms with Crippen molar-refractivity contribution in [1.29, 1.82) is 0 Å². The van der Waals surface area contributed by atoms with Crippen LogP contribution in [0, 0.1) is 5.92 Å². The van der Waals surface area contributed by atoms with E-state index in [1.165, 1.54) is 0 Å². The maximum Gasteiger partial charge on any atom is 0.207 e. The third-order valence-electron chi connectivity index (χ3n) is 4.05. The molecule has 9 heteroatoms. The summed E-state index contributed by atoms with van der Waals surface area (Å²) < 4.78 is 5.20. The molecule has 0 aromatic heterocycles. The minimum absolute atomic E-state index is 0.0292. The van der Waals surface area contributed by atoms with E-state index in [1.54, 1.807) is 6.26 Å². The van der Waals surface area contributed by atoms with E-state index in [-0.39, 0.29) is 24.9 Å². The second kappa shape index (κ2) is 9.90. The monoisotopic (exact) mass is 352 g/mol. The van der Waals surface area contributed by atoms with E-state index in [0.717, 1.165) is 24.6 Å². The smallest absolute Gasteiger partial charge is 0.207 e. The number of carbonyl (C=O) groups excluding carboxylic acids is 1. The molecule has 5 atom stereocenters. The Morgan fingerprint density at radius 1 is 1.48 bits per heavy atom. The fraction of sp³-hybridized carbons (Fsp3) is 0.929. The van der Waals surface area contributed by atoms with Gasteiger partial charge in [0.1, 0.15) is 6.10 Å². The number of ether oxygens (including phenoxy) is 1. The number of carbonyl (C=O) groups is 1. The van der Waals surface area contributed by atoms with Gasteiger partial charge >= 0.3 is 0 Å². The molecule has 1 heterocycles. The molecule has 0 aliphatic carbocycles. The number of aliphatic hydroxyl groups is 4. The summed E-state index contributed by atoms with van der Waals surface area (Å²) in [4.78, 5) is 11.3. The third-order valence-corrected chi connectivity index (χ3v) is 4.76. The highest BCUT2D eigenvalue weighted by Crippen LogP contribution is 2.26. The predicted molar refractivity (Wildman–Crippen MR) is 86.7 cm³/mol. The first-order valence-corrected chi connectivity index (χ1v) is 8.95. The number of nitrogens with one attached hydrogen (secondary N) is 1. The van der Waals surface area contributed by atoms with Gasteiger partial charge in [-0.05, 0) is 25.6 Å². The van der Waals surface area contributed by atoms with Crippen molar-refractivity contribution in [1.82, 2.24) is 5.32 Å². The van der Waals surface area contributed by atoms with Crippen LogP contribution in [0.2, 0.25) is 0 Å². The van der Waals surface area contributed by atoms with Crippen LogP contribution in [0.3, 0.4) is 0 Å². The summed E-state index contributed by atoms with van der Waals surface area (Å²) >= 11 is 1.12. The molecule has 0 spiro atoms. The van der Waals surface area contributed by atoms with Crippen LogP contribution in [0.25, 0.3) is 0 Å². The van der Waals surface area contributed by atoms with Crippen molar-refractivity contribution in [2.45, 2.75) is 43.3 Å². The highest BCUT2D eigenvalue weighted by atomic mass is 32.2. The highest BCUT2D eigenvalue weighted by molar-refractivity contribution is 8.13. The predicted octanol–water partition coefficient (Wildman–Crippen LogP) is -1.99. The SMILES string of the molecule is CSC(=O)C(N)CCCCNCC1(O)OCC(CO)C(O)C1O. The van der Waals surface area contributed by atoms with Gasteiger partial charge in [-0.25, -0.2) is 0 Å². The number of thioether (sulfide) groups is 1. The summed E-state index contributed by atoms with van der Waals surface area (Å²) in [5.74, 6) is -2.49. The molecule has 1 fully saturated rings. The van der Waals surface area contributed by atoms with Gasteiger partial charge in [0.15, 0.2) is 0 Å². The summed E-state index contributed by atoms with van der Waals surface area (Å²) in [6.45, 7) is 0.159. The van der Waals surface area contributed by atoms with Gasteiger partial charge in [0.05, 0.1) is 31.9 Å². The molecule has 0 saturated carbocycles. The van der Waals surface area contributed by atoms with Crippen molar-refractivity contribution >= 4 is 16.9 Å². The number of unbranched alkanes of at least 4 members (excludes halogenated alkanes) is 1. The molecule has 1 rings (SSSR count). The summed E-state index contributed by atoms with van der Waals surface area (Å²) in [5, 5.41) is 42.0. The quantitative estimate of drug-likeness (QED) is 0.260. The van der Waals surface area contributed by atoms with Gasteiger partial charge in [0.2, 0.25) is 10.9 Å². The molecule has 1 aliphatic rings. The Morgan fingerprint density at radius 3 is 2.78 bits per heavy atom. The number of aliphatic hydroxyl groups excluding tert-OH is 3. The van der Waals surface area contributed by atoms with Crippen LogP contribution in [0.15, 0.2) is 0 Å². The molecule has 7 N–H and O–H groups in total. The van der Waals surface area contributed by atoms with Crippen molar-refractivity contribution in [3.8, 4) is 0 Å². The first-order chi connectivity index (χ1) is 10.9. The second-order valence-corrected chi connectivity index (χ2v) is 6.65. The molecule has 0 bridgehead atoms. The molecule has 136 valence electrons. The largest absolute Gasteiger partial charge is 0.396 e. The van der Waals surface area contributed by atoms with Crippen LogP contribution < -0.4 is 11.1 Å². The summed E-state index contributed by atoms with van der Waals surface area (Å²) in [6.07, 6.45) is 1.09. The lowest BCUT2D eigenvalue weighted by atomic mass is 9.90. The molecular formula is C14H28N2O6S. The standard InChI is InChI=1S/C14H28N2O6S/c1-23-13(20)10(15)4-2-3-5-16-8-14(21)12(19)11(18)9(6-17)7-22-14/h9-12,16-19,21H,2-8,15H2,1H3. The molecule has 0 amide bonds. The summed E-state index contributed by atoms with van der Waals surface area (Å²) in [5.41, 5.74) is 5.71. The van der Waals surface area contributed by atoms with Crippen LogP contribution in [0.1, 0.15) is 19.3 Å². The zero-order valence-electron chi connectivity index (χ0n) is 13.4. The Balaban J connectivity index is 2.23. The van der Waals surface area contributed by atoms with Gasteiger partial charge in [-0.2, -0.15) is 0 Å². The maximum atomic E-state index is 11.3. The third kappa shape index (κ3) is 5.95. The number of hydrogen-bond donors (Lipinski definition) is 6. The van der Waals surface area contributed by atoms with E-state index in [4.69, 9.17) is 15.6 Å². The van der Waals surface area contributed by atoms with E-state index in [9.17, 15) is 20.1 Å². The van der Waals surface area contributed by atoms with E-state index in [2.05, 4.69) is 5.32 Å². The van der Waals surface area contributed by atoms with Gasteiger partial charge in [0, 0.05) is 5.92 Å². The Kier molecular flexibility index (Phi) is 8.94. The fourth-order valence-corrected chi connectivity index (χ4v) is 2.85. The molecular weight excluding hydrogens is 324 g/mol. The van der Waals surface area contributed by atoms with Crippen LogP contribution in [-0.2, 0) is 9.53 Å². The van der Waals surface area contributed by atoms with E-state index >= 15 is 0 Å². The first kappa shape index (κ1) is 20.8. The zero-order chi connectivity index (χ0) is 17.5. The van der Waals surface area contributed by atoms with Crippen molar-refractivity contribution in [2.75, 3.05) is 32.6 Å². The van der Waals surface area contributed by atoms with Gasteiger partial charge < -0.3 is 36.2 Å². The Morgan fingerprint density at radius 2 is 2.17 bits per heavy atom. The number of rotatable bonds is 9. The lowest BCUT2D eigenvalue weighted by Crippen LogP contribution is -2.63. The molecule has 1 aliphatic heterocycles. The minimum atomic E-state index is -1.88. The average molecular weight is 352 g/mol. The summed E-state index contributed by atoms with van der Waals surface area (Å²) in [7, 11) is 0. The zero-order valence-corrected chi connectivity index (χ0v) is 14.2. The van der Waals surface area contributed by atoms with Crippen LogP contribution >= 0.6 is 11.8 Å². The molecule has 5 unspecified atom stereocenters. The minimum Gasteiger partial charge on any atom is -0.396 e. The first-order valence-electron chi connectivity index (χ1n) is 7.73. The van der Waals surface area contributed by atoms with Crippen molar-refractivity contribution in [2.24, 2.45) is 11.7 Å². The van der Waals surface area contributed by atoms with Crippen LogP contribution in [0.4, 0.5) is 0 Å². The van der Waals surface area contributed by atoms with Crippen molar-refractivity contribution in [3.05, 3.63) is 0 Å². The lowest BCUT2D eigenvalue weighted by Gasteiger charge is -2.42. The van der Waals surface area contributed by atoms with Gasteiger partial charge in [0.25, 0.3) is 0 Å². The van der Waals surface area contributed by atoms with E-state index < -0.39 is 30.0 Å². The van der Waals surface area contributed by atoms with Crippen LogP contribution in [0.5, 0.6) is 0 Å². The average Bonchev–Trinajstić information content (AvgIpc) is 2.55. The highest BCUT2D eigenvalue weighted by Gasteiger charge is 2.48. The molecule has 23 heavy (non-hydrogen) atoms.